The number of aromatic nitrogens is 2. The van der Waals surface area contributed by atoms with Crippen molar-refractivity contribution in [1.29, 1.82) is 0 Å². The third-order valence-electron chi connectivity index (χ3n) is 2.97. The lowest BCUT2D eigenvalue weighted by Gasteiger charge is -2.22. The summed E-state index contributed by atoms with van der Waals surface area (Å²) in [5, 5.41) is 15.3. The Morgan fingerprint density at radius 2 is 2.15 bits per heavy atom. The Balaban J connectivity index is 2.51. The highest BCUT2D eigenvalue weighted by Gasteiger charge is 2.27. The standard InChI is InChI=1S/C13H17N3O3S/c1-3-16(12-6-4-5-10(2)7-12)20(18,19)13-11(9-17)8-14-15-13/h4-8,17H,3,9H2,1-2H3,(H,14,15). The molecule has 0 atom stereocenters. The van der Waals surface area contributed by atoms with Gasteiger partial charge in [0.05, 0.1) is 18.5 Å². The smallest absolute Gasteiger partial charge is 0.281 e. The Labute approximate surface area is 118 Å². The lowest BCUT2D eigenvalue weighted by Crippen LogP contribution is -2.31. The van der Waals surface area contributed by atoms with Gasteiger partial charge >= 0.3 is 0 Å². The van der Waals surface area contributed by atoms with E-state index in [0.717, 1.165) is 5.56 Å². The van der Waals surface area contributed by atoms with Gasteiger partial charge in [-0.15, -0.1) is 0 Å². The number of nitrogens with zero attached hydrogens (tertiary/aromatic N) is 2. The van der Waals surface area contributed by atoms with Crippen LogP contribution in [0.3, 0.4) is 0 Å². The molecule has 0 radical (unpaired) electrons. The minimum atomic E-state index is -3.77. The molecule has 0 saturated carbocycles. The Morgan fingerprint density at radius 3 is 2.75 bits per heavy atom. The van der Waals surface area contributed by atoms with Gasteiger partial charge in [-0.05, 0) is 31.5 Å². The van der Waals surface area contributed by atoms with Gasteiger partial charge in [-0.1, -0.05) is 12.1 Å². The van der Waals surface area contributed by atoms with Crippen molar-refractivity contribution in [3.63, 3.8) is 0 Å². The van der Waals surface area contributed by atoms with Gasteiger partial charge in [0.25, 0.3) is 10.0 Å². The van der Waals surface area contributed by atoms with E-state index in [2.05, 4.69) is 10.2 Å². The first-order valence-electron chi connectivity index (χ1n) is 6.23. The summed E-state index contributed by atoms with van der Waals surface area (Å²) in [6, 6.07) is 7.25. The predicted molar refractivity (Wildman–Crippen MR) is 75.9 cm³/mol. The van der Waals surface area contributed by atoms with E-state index in [4.69, 9.17) is 0 Å². The second kappa shape index (κ2) is 5.64. The number of nitrogens with one attached hydrogen (secondary N) is 1. The molecule has 0 aliphatic heterocycles. The average molecular weight is 295 g/mol. The monoisotopic (exact) mass is 295 g/mol. The molecule has 0 fully saturated rings. The molecule has 2 N–H and O–H groups in total. The quantitative estimate of drug-likeness (QED) is 0.873. The van der Waals surface area contributed by atoms with Gasteiger partial charge in [-0.3, -0.25) is 9.40 Å². The van der Waals surface area contributed by atoms with Crippen LogP contribution in [0.1, 0.15) is 18.1 Å². The normalized spacial score (nSPS) is 11.6. The highest BCUT2D eigenvalue weighted by molar-refractivity contribution is 7.92. The second-order valence-corrected chi connectivity index (χ2v) is 6.19. The van der Waals surface area contributed by atoms with Crippen molar-refractivity contribution in [3.8, 4) is 0 Å². The molecule has 2 rings (SSSR count). The summed E-state index contributed by atoms with van der Waals surface area (Å²) >= 11 is 0. The van der Waals surface area contributed by atoms with E-state index in [1.165, 1.54) is 10.5 Å². The predicted octanol–water partition coefficient (Wildman–Crippen LogP) is 1.43. The molecule has 0 saturated heterocycles. The third-order valence-corrected chi connectivity index (χ3v) is 4.89. The Kier molecular flexibility index (Phi) is 4.10. The van der Waals surface area contributed by atoms with E-state index in [-0.39, 0.29) is 23.7 Å². The maximum atomic E-state index is 12.7. The molecule has 2 aromatic rings. The van der Waals surface area contributed by atoms with Gasteiger partial charge in [0, 0.05) is 12.1 Å². The molecular formula is C13H17N3O3S. The van der Waals surface area contributed by atoms with E-state index >= 15 is 0 Å². The van der Waals surface area contributed by atoms with Crippen molar-refractivity contribution in [2.45, 2.75) is 25.5 Å². The van der Waals surface area contributed by atoms with Crippen molar-refractivity contribution in [2.24, 2.45) is 0 Å². The van der Waals surface area contributed by atoms with E-state index in [0.29, 0.717) is 5.69 Å². The number of sulfonamides is 1. The van der Waals surface area contributed by atoms with Gasteiger partial charge < -0.3 is 5.11 Å². The second-order valence-electron chi connectivity index (χ2n) is 4.39. The first-order valence-corrected chi connectivity index (χ1v) is 7.67. The fourth-order valence-corrected chi connectivity index (χ4v) is 3.59. The molecule has 0 bridgehead atoms. The van der Waals surface area contributed by atoms with E-state index < -0.39 is 10.0 Å². The number of hydrogen-bond donors (Lipinski definition) is 2. The number of anilines is 1. The van der Waals surface area contributed by atoms with Crippen LogP contribution in [0.25, 0.3) is 0 Å². The van der Waals surface area contributed by atoms with Crippen molar-refractivity contribution in [2.75, 3.05) is 10.8 Å². The van der Waals surface area contributed by atoms with Gasteiger partial charge in [0.15, 0.2) is 5.03 Å². The first-order chi connectivity index (χ1) is 9.50. The summed E-state index contributed by atoms with van der Waals surface area (Å²) < 4.78 is 26.6. The number of hydrogen-bond acceptors (Lipinski definition) is 4. The fourth-order valence-electron chi connectivity index (χ4n) is 2.02. The molecule has 7 heteroatoms. The van der Waals surface area contributed by atoms with Gasteiger partial charge in [0.1, 0.15) is 0 Å². The van der Waals surface area contributed by atoms with Gasteiger partial charge in [0.2, 0.25) is 0 Å². The van der Waals surface area contributed by atoms with Crippen LogP contribution in [0, 0.1) is 6.92 Å². The summed E-state index contributed by atoms with van der Waals surface area (Å²) in [6.45, 7) is 3.57. The highest BCUT2D eigenvalue weighted by atomic mass is 32.2. The molecule has 108 valence electrons. The van der Waals surface area contributed by atoms with Crippen LogP contribution in [-0.4, -0.2) is 30.3 Å². The Hall–Kier alpha value is -1.86. The molecule has 6 nitrogen and oxygen atoms in total. The van der Waals surface area contributed by atoms with Crippen LogP contribution in [0.15, 0.2) is 35.5 Å². The van der Waals surface area contributed by atoms with E-state index in [1.807, 2.05) is 19.1 Å². The molecule has 1 heterocycles. The molecule has 1 aromatic heterocycles. The Bertz CT molecular complexity index is 694. The van der Waals surface area contributed by atoms with Crippen LogP contribution < -0.4 is 4.31 Å². The minimum Gasteiger partial charge on any atom is -0.392 e. The number of aliphatic hydroxyl groups excluding tert-OH is 1. The highest BCUT2D eigenvalue weighted by Crippen LogP contribution is 2.24. The number of benzene rings is 1. The zero-order valence-corrected chi connectivity index (χ0v) is 12.2. The summed E-state index contributed by atoms with van der Waals surface area (Å²) in [5.74, 6) is 0. The molecule has 0 amide bonds. The van der Waals surface area contributed by atoms with Crippen molar-refractivity contribution in [1.82, 2.24) is 10.2 Å². The van der Waals surface area contributed by atoms with Crippen LogP contribution in [0.4, 0.5) is 5.69 Å². The molecule has 0 spiro atoms. The molecule has 0 aliphatic carbocycles. The van der Waals surface area contributed by atoms with Crippen LogP contribution >= 0.6 is 0 Å². The zero-order chi connectivity index (χ0) is 14.8. The molecular weight excluding hydrogens is 278 g/mol. The van der Waals surface area contributed by atoms with Crippen molar-refractivity contribution >= 4 is 15.7 Å². The SMILES string of the molecule is CCN(c1cccc(C)c1)S(=O)(=O)c1[nH]ncc1CO. The lowest BCUT2D eigenvalue weighted by molar-refractivity contribution is 0.278. The number of aliphatic hydroxyl groups is 1. The lowest BCUT2D eigenvalue weighted by atomic mass is 10.2. The van der Waals surface area contributed by atoms with Crippen LogP contribution in [0.2, 0.25) is 0 Å². The summed E-state index contributed by atoms with van der Waals surface area (Å²) in [4.78, 5) is 0. The maximum Gasteiger partial charge on any atom is 0.281 e. The van der Waals surface area contributed by atoms with Gasteiger partial charge in [-0.25, -0.2) is 0 Å². The number of aryl methyl sites for hydroxylation is 1. The van der Waals surface area contributed by atoms with Crippen molar-refractivity contribution < 1.29 is 13.5 Å². The topological polar surface area (TPSA) is 86.3 Å². The largest absolute Gasteiger partial charge is 0.392 e. The number of H-pyrrole nitrogens is 1. The van der Waals surface area contributed by atoms with E-state index in [1.54, 1.807) is 19.1 Å². The van der Waals surface area contributed by atoms with E-state index in [9.17, 15) is 13.5 Å². The van der Waals surface area contributed by atoms with Gasteiger partial charge in [-0.2, -0.15) is 13.5 Å². The summed E-state index contributed by atoms with van der Waals surface area (Å²) in [5.41, 5.74) is 1.82. The average Bonchev–Trinajstić information content (AvgIpc) is 2.88. The third kappa shape index (κ3) is 2.54. The number of aromatic amines is 1. The zero-order valence-electron chi connectivity index (χ0n) is 11.4. The molecule has 1 aromatic carbocycles. The maximum absolute atomic E-state index is 12.7. The minimum absolute atomic E-state index is 0.0663. The first kappa shape index (κ1) is 14.5. The van der Waals surface area contributed by atoms with Crippen molar-refractivity contribution in [3.05, 3.63) is 41.6 Å². The molecule has 0 unspecified atom stereocenters. The fraction of sp³-hybridized carbons (Fsp3) is 0.308. The molecule has 0 aliphatic rings. The van der Waals surface area contributed by atoms with Crippen LogP contribution in [0.5, 0.6) is 0 Å². The molecule has 20 heavy (non-hydrogen) atoms. The van der Waals surface area contributed by atoms with Crippen LogP contribution in [-0.2, 0) is 16.6 Å². The number of rotatable bonds is 5. The summed E-state index contributed by atoms with van der Waals surface area (Å²) in [7, 11) is -3.77. The summed E-state index contributed by atoms with van der Waals surface area (Å²) in [6.07, 6.45) is 1.32. The Morgan fingerprint density at radius 1 is 1.40 bits per heavy atom.